The van der Waals surface area contributed by atoms with Crippen molar-refractivity contribution in [3.8, 4) is 11.1 Å². The van der Waals surface area contributed by atoms with Crippen LogP contribution in [0.5, 0.6) is 0 Å². The van der Waals surface area contributed by atoms with Crippen LogP contribution in [0.25, 0.3) is 11.1 Å². The fourth-order valence-corrected chi connectivity index (χ4v) is 3.16. The Balaban J connectivity index is 2.01. The van der Waals surface area contributed by atoms with E-state index in [9.17, 15) is 9.59 Å². The van der Waals surface area contributed by atoms with Crippen LogP contribution in [0, 0.1) is 0 Å². The van der Waals surface area contributed by atoms with E-state index in [0.29, 0.717) is 23.6 Å². The number of nitrogens with zero attached hydrogens (tertiary/aromatic N) is 1. The molecule has 0 atom stereocenters. The number of halogens is 1. The first-order valence-electron chi connectivity index (χ1n) is 9.00. The lowest BCUT2D eigenvalue weighted by Gasteiger charge is -2.25. The number of hydrogen-bond donors (Lipinski definition) is 1. The summed E-state index contributed by atoms with van der Waals surface area (Å²) in [5.74, 6) is -1.07. The fourth-order valence-electron chi connectivity index (χ4n) is 3.04. The zero-order valence-electron chi connectivity index (χ0n) is 15.2. The topological polar surface area (TPSA) is 57.6 Å². The predicted octanol–water partition coefficient (Wildman–Crippen LogP) is 5.52. The second-order valence-corrected chi connectivity index (χ2v) is 6.78. The molecule has 0 aliphatic carbocycles. The molecule has 3 aromatic rings. The summed E-state index contributed by atoms with van der Waals surface area (Å²) in [6, 6.07) is 24.2. The summed E-state index contributed by atoms with van der Waals surface area (Å²) in [5.41, 5.74) is 3.16. The van der Waals surface area contributed by atoms with Crippen molar-refractivity contribution in [2.75, 3.05) is 11.4 Å². The van der Waals surface area contributed by atoms with Crippen molar-refractivity contribution in [1.29, 1.82) is 0 Å². The quantitative estimate of drug-likeness (QED) is 0.575. The molecule has 0 spiro atoms. The number of aliphatic carboxylic acids is 1. The van der Waals surface area contributed by atoms with Gasteiger partial charge in [0.05, 0.1) is 5.69 Å². The van der Waals surface area contributed by atoms with Crippen LogP contribution in [0.1, 0.15) is 23.2 Å². The van der Waals surface area contributed by atoms with Crippen molar-refractivity contribution >= 4 is 29.2 Å². The molecule has 5 heteroatoms. The van der Waals surface area contributed by atoms with Crippen LogP contribution in [0.2, 0.25) is 5.02 Å². The van der Waals surface area contributed by atoms with E-state index in [1.165, 1.54) is 0 Å². The third-order valence-corrected chi connectivity index (χ3v) is 4.64. The number of carbonyl (C=O) groups excluding carboxylic acids is 1. The van der Waals surface area contributed by atoms with Gasteiger partial charge in [0.15, 0.2) is 0 Å². The maximum absolute atomic E-state index is 13.3. The Morgan fingerprint density at radius 2 is 1.50 bits per heavy atom. The van der Waals surface area contributed by atoms with E-state index in [1.807, 2.05) is 54.6 Å². The molecule has 0 heterocycles. The molecular weight excluding hydrogens is 374 g/mol. The van der Waals surface area contributed by atoms with Crippen LogP contribution in [0.15, 0.2) is 78.9 Å². The number of carboxylic acids is 1. The Morgan fingerprint density at radius 3 is 2.18 bits per heavy atom. The van der Waals surface area contributed by atoms with Crippen LogP contribution in [0.4, 0.5) is 5.69 Å². The molecule has 1 N–H and O–H groups in total. The van der Waals surface area contributed by atoms with Crippen molar-refractivity contribution < 1.29 is 14.7 Å². The van der Waals surface area contributed by atoms with E-state index >= 15 is 0 Å². The first-order chi connectivity index (χ1) is 13.6. The molecule has 0 bridgehead atoms. The van der Waals surface area contributed by atoms with Crippen molar-refractivity contribution in [2.45, 2.75) is 12.8 Å². The SMILES string of the molecule is O=C(O)CCCN(C(=O)c1ccc(Cl)cc1)c1ccccc1-c1ccccc1. The Hall–Kier alpha value is -3.11. The van der Waals surface area contributed by atoms with Crippen LogP contribution >= 0.6 is 11.6 Å². The average molecular weight is 394 g/mol. The maximum Gasteiger partial charge on any atom is 0.303 e. The van der Waals surface area contributed by atoms with E-state index in [4.69, 9.17) is 16.7 Å². The van der Waals surface area contributed by atoms with Gasteiger partial charge in [-0.2, -0.15) is 0 Å². The highest BCUT2D eigenvalue weighted by molar-refractivity contribution is 6.30. The highest BCUT2D eigenvalue weighted by Crippen LogP contribution is 2.32. The maximum atomic E-state index is 13.3. The van der Waals surface area contributed by atoms with Crippen LogP contribution in [0.3, 0.4) is 0 Å². The molecule has 1 amide bonds. The number of hydrogen-bond acceptors (Lipinski definition) is 2. The van der Waals surface area contributed by atoms with Gasteiger partial charge in [-0.15, -0.1) is 0 Å². The first kappa shape index (κ1) is 19.6. The molecule has 3 aromatic carbocycles. The van der Waals surface area contributed by atoms with Gasteiger partial charge in [0, 0.05) is 29.1 Å². The zero-order chi connectivity index (χ0) is 19.9. The average Bonchev–Trinajstić information content (AvgIpc) is 2.72. The number of carbonyl (C=O) groups is 2. The molecule has 3 rings (SSSR count). The Bertz CT molecular complexity index is 955. The monoisotopic (exact) mass is 393 g/mol. The van der Waals surface area contributed by atoms with Gasteiger partial charge in [-0.25, -0.2) is 0 Å². The molecule has 142 valence electrons. The van der Waals surface area contributed by atoms with E-state index in [0.717, 1.165) is 16.8 Å². The molecule has 4 nitrogen and oxygen atoms in total. The lowest BCUT2D eigenvalue weighted by molar-refractivity contribution is -0.137. The molecule has 0 saturated heterocycles. The molecule has 0 aromatic heterocycles. The number of anilines is 1. The van der Waals surface area contributed by atoms with E-state index < -0.39 is 5.97 Å². The summed E-state index contributed by atoms with van der Waals surface area (Å²) < 4.78 is 0. The molecular formula is C23H20ClNO3. The normalized spacial score (nSPS) is 10.5. The molecule has 0 radical (unpaired) electrons. The second kappa shape index (κ2) is 9.20. The minimum atomic E-state index is -0.879. The van der Waals surface area contributed by atoms with Gasteiger partial charge in [0.2, 0.25) is 0 Å². The number of para-hydroxylation sites is 1. The Kier molecular flexibility index (Phi) is 6.45. The summed E-state index contributed by atoms with van der Waals surface area (Å²) in [4.78, 5) is 25.9. The highest BCUT2D eigenvalue weighted by Gasteiger charge is 2.21. The molecule has 0 saturated carbocycles. The predicted molar refractivity (Wildman–Crippen MR) is 112 cm³/mol. The number of rotatable bonds is 7. The fraction of sp³-hybridized carbons (Fsp3) is 0.130. The third kappa shape index (κ3) is 4.78. The van der Waals surface area contributed by atoms with Gasteiger partial charge in [-0.3, -0.25) is 9.59 Å². The number of carboxylic acid groups (broad SMARTS) is 1. The van der Waals surface area contributed by atoms with E-state index in [1.54, 1.807) is 29.2 Å². The lowest BCUT2D eigenvalue weighted by atomic mass is 10.0. The standard InChI is InChI=1S/C23H20ClNO3/c24-19-14-12-18(13-15-19)23(28)25(16-6-11-22(26)27)21-10-5-4-9-20(21)17-7-2-1-3-8-17/h1-5,7-10,12-15H,6,11,16H2,(H,26,27). The van der Waals surface area contributed by atoms with Crippen molar-refractivity contribution in [1.82, 2.24) is 0 Å². The third-order valence-electron chi connectivity index (χ3n) is 4.39. The van der Waals surface area contributed by atoms with Gasteiger partial charge in [-0.05, 0) is 42.3 Å². The summed E-state index contributed by atoms with van der Waals surface area (Å²) in [7, 11) is 0. The minimum Gasteiger partial charge on any atom is -0.481 e. The van der Waals surface area contributed by atoms with Crippen LogP contribution in [-0.2, 0) is 4.79 Å². The number of benzene rings is 3. The molecule has 0 fully saturated rings. The van der Waals surface area contributed by atoms with Gasteiger partial charge in [-0.1, -0.05) is 60.1 Å². The smallest absolute Gasteiger partial charge is 0.303 e. The first-order valence-corrected chi connectivity index (χ1v) is 9.38. The van der Waals surface area contributed by atoms with Crippen molar-refractivity contribution in [3.63, 3.8) is 0 Å². The van der Waals surface area contributed by atoms with Gasteiger partial charge in [0.25, 0.3) is 5.91 Å². The van der Waals surface area contributed by atoms with Gasteiger partial charge < -0.3 is 10.0 Å². The minimum absolute atomic E-state index is 0.00208. The molecule has 0 aliphatic rings. The second-order valence-electron chi connectivity index (χ2n) is 6.34. The summed E-state index contributed by atoms with van der Waals surface area (Å²) in [5, 5.41) is 9.55. The summed E-state index contributed by atoms with van der Waals surface area (Å²) in [6.07, 6.45) is 0.357. The highest BCUT2D eigenvalue weighted by atomic mass is 35.5. The van der Waals surface area contributed by atoms with Crippen LogP contribution < -0.4 is 4.90 Å². The summed E-state index contributed by atoms with van der Waals surface area (Å²) >= 11 is 5.95. The molecule has 0 aliphatic heterocycles. The lowest BCUT2D eigenvalue weighted by Crippen LogP contribution is -2.32. The van der Waals surface area contributed by atoms with Crippen LogP contribution in [-0.4, -0.2) is 23.5 Å². The Morgan fingerprint density at radius 1 is 0.857 bits per heavy atom. The number of amides is 1. The molecule has 0 unspecified atom stereocenters. The van der Waals surface area contributed by atoms with Gasteiger partial charge >= 0.3 is 5.97 Å². The largest absolute Gasteiger partial charge is 0.481 e. The molecule has 28 heavy (non-hydrogen) atoms. The van der Waals surface area contributed by atoms with Gasteiger partial charge in [0.1, 0.15) is 0 Å². The summed E-state index contributed by atoms with van der Waals surface area (Å²) in [6.45, 7) is 0.303. The van der Waals surface area contributed by atoms with E-state index in [2.05, 4.69) is 0 Å². The van der Waals surface area contributed by atoms with Crippen molar-refractivity contribution in [2.24, 2.45) is 0 Å². The Labute approximate surface area is 169 Å². The van der Waals surface area contributed by atoms with Crippen molar-refractivity contribution in [3.05, 3.63) is 89.4 Å². The zero-order valence-corrected chi connectivity index (χ0v) is 16.0. The van der Waals surface area contributed by atoms with E-state index in [-0.39, 0.29) is 12.3 Å².